The predicted molar refractivity (Wildman–Crippen MR) is 81.2 cm³/mol. The van der Waals surface area contributed by atoms with Crippen molar-refractivity contribution in [1.29, 1.82) is 0 Å². The summed E-state index contributed by atoms with van der Waals surface area (Å²) in [6, 6.07) is 14.6. The van der Waals surface area contributed by atoms with E-state index in [1.165, 1.54) is 14.2 Å². The van der Waals surface area contributed by atoms with E-state index in [0.29, 0.717) is 23.7 Å². The lowest BCUT2D eigenvalue weighted by Crippen LogP contribution is -2.13. The first kappa shape index (κ1) is 15.9. The van der Waals surface area contributed by atoms with E-state index < -0.39 is 12.1 Å². The fraction of sp³-hybridized carbons (Fsp3) is 0.235. The van der Waals surface area contributed by atoms with Gasteiger partial charge < -0.3 is 19.3 Å². The van der Waals surface area contributed by atoms with Crippen LogP contribution in [0, 0.1) is 0 Å². The van der Waals surface area contributed by atoms with Gasteiger partial charge in [-0.1, -0.05) is 36.4 Å². The second-order valence-corrected chi connectivity index (χ2v) is 4.64. The number of hydrogen-bond donors (Lipinski definition) is 1. The fourth-order valence-corrected chi connectivity index (χ4v) is 2.08. The first-order valence-electron chi connectivity index (χ1n) is 6.76. The number of carboxylic acid groups (broad SMARTS) is 1. The van der Waals surface area contributed by atoms with Gasteiger partial charge in [0.1, 0.15) is 6.61 Å². The molecule has 0 aromatic heterocycles. The summed E-state index contributed by atoms with van der Waals surface area (Å²) >= 11 is 0. The monoisotopic (exact) mass is 302 g/mol. The maximum absolute atomic E-state index is 11.2. The van der Waals surface area contributed by atoms with Crippen LogP contribution >= 0.6 is 0 Å². The van der Waals surface area contributed by atoms with Crippen LogP contribution in [0.5, 0.6) is 11.5 Å². The molecule has 0 fully saturated rings. The van der Waals surface area contributed by atoms with E-state index in [1.54, 1.807) is 18.2 Å². The topological polar surface area (TPSA) is 65.0 Å². The second-order valence-electron chi connectivity index (χ2n) is 4.64. The molecular weight excluding hydrogens is 284 g/mol. The fourth-order valence-electron chi connectivity index (χ4n) is 2.08. The lowest BCUT2D eigenvalue weighted by Gasteiger charge is -2.15. The van der Waals surface area contributed by atoms with E-state index in [0.717, 1.165) is 5.56 Å². The zero-order valence-electron chi connectivity index (χ0n) is 12.5. The number of ether oxygens (including phenoxy) is 3. The van der Waals surface area contributed by atoms with Crippen molar-refractivity contribution in [1.82, 2.24) is 0 Å². The molecule has 0 aliphatic carbocycles. The Kier molecular flexibility index (Phi) is 5.38. The quantitative estimate of drug-likeness (QED) is 0.851. The Morgan fingerprint density at radius 2 is 1.82 bits per heavy atom. The molecule has 0 amide bonds. The van der Waals surface area contributed by atoms with Crippen molar-refractivity contribution in [3.63, 3.8) is 0 Å². The number of benzene rings is 2. The van der Waals surface area contributed by atoms with Gasteiger partial charge in [-0.05, 0) is 23.3 Å². The van der Waals surface area contributed by atoms with Gasteiger partial charge in [0.05, 0.1) is 7.11 Å². The lowest BCUT2D eigenvalue weighted by atomic mass is 10.1. The number of aliphatic carboxylic acids is 1. The normalized spacial score (nSPS) is 11.7. The average molecular weight is 302 g/mol. The molecule has 0 aliphatic heterocycles. The number of carbonyl (C=O) groups is 1. The molecule has 0 spiro atoms. The van der Waals surface area contributed by atoms with Crippen molar-refractivity contribution in [2.45, 2.75) is 12.7 Å². The van der Waals surface area contributed by atoms with Crippen LogP contribution < -0.4 is 9.47 Å². The van der Waals surface area contributed by atoms with E-state index in [9.17, 15) is 4.79 Å². The van der Waals surface area contributed by atoms with Gasteiger partial charge in [-0.2, -0.15) is 0 Å². The number of rotatable bonds is 7. The summed E-state index contributed by atoms with van der Waals surface area (Å²) in [7, 11) is 2.89. The summed E-state index contributed by atoms with van der Waals surface area (Å²) in [4.78, 5) is 11.2. The van der Waals surface area contributed by atoms with Gasteiger partial charge in [0.25, 0.3) is 0 Å². The molecule has 5 nitrogen and oxygen atoms in total. The van der Waals surface area contributed by atoms with Gasteiger partial charge in [-0.3, -0.25) is 0 Å². The standard InChI is InChI=1S/C17H18O5/c1-20-14-9-8-13(16(21-2)17(18)19)10-15(14)22-11-12-6-4-3-5-7-12/h3-10,16H,11H2,1-2H3,(H,18,19). The largest absolute Gasteiger partial charge is 0.493 e. The van der Waals surface area contributed by atoms with E-state index in [1.807, 2.05) is 30.3 Å². The van der Waals surface area contributed by atoms with E-state index in [2.05, 4.69) is 0 Å². The molecule has 1 N–H and O–H groups in total. The minimum Gasteiger partial charge on any atom is -0.493 e. The summed E-state index contributed by atoms with van der Waals surface area (Å²) in [5.74, 6) is -0.0336. The zero-order valence-corrected chi connectivity index (χ0v) is 12.5. The van der Waals surface area contributed by atoms with Gasteiger partial charge in [0, 0.05) is 7.11 Å². The van der Waals surface area contributed by atoms with Crippen molar-refractivity contribution in [2.75, 3.05) is 14.2 Å². The van der Waals surface area contributed by atoms with Crippen LogP contribution in [0.3, 0.4) is 0 Å². The predicted octanol–water partition coefficient (Wildman–Crippen LogP) is 3.05. The first-order chi connectivity index (χ1) is 10.7. The molecule has 0 bridgehead atoms. The molecule has 2 aromatic rings. The van der Waals surface area contributed by atoms with E-state index in [-0.39, 0.29) is 0 Å². The summed E-state index contributed by atoms with van der Waals surface area (Å²) in [5, 5.41) is 9.15. The number of hydrogen-bond acceptors (Lipinski definition) is 4. The molecule has 116 valence electrons. The Hall–Kier alpha value is -2.53. The highest BCUT2D eigenvalue weighted by molar-refractivity contribution is 5.74. The third kappa shape index (κ3) is 3.77. The van der Waals surface area contributed by atoms with Crippen LogP contribution in [-0.2, 0) is 16.1 Å². The molecule has 0 radical (unpaired) electrons. The van der Waals surface area contributed by atoms with E-state index in [4.69, 9.17) is 19.3 Å². The number of carboxylic acids is 1. The van der Waals surface area contributed by atoms with Gasteiger partial charge in [0.2, 0.25) is 0 Å². The average Bonchev–Trinajstić information content (AvgIpc) is 2.54. The highest BCUT2D eigenvalue weighted by atomic mass is 16.5. The molecule has 1 unspecified atom stereocenters. The van der Waals surface area contributed by atoms with Gasteiger partial charge in [0.15, 0.2) is 17.6 Å². The molecule has 2 rings (SSSR count). The highest BCUT2D eigenvalue weighted by Crippen LogP contribution is 2.32. The van der Waals surface area contributed by atoms with Crippen LogP contribution in [0.15, 0.2) is 48.5 Å². The third-order valence-electron chi connectivity index (χ3n) is 3.19. The van der Waals surface area contributed by atoms with Crippen molar-refractivity contribution in [2.24, 2.45) is 0 Å². The first-order valence-corrected chi connectivity index (χ1v) is 6.76. The Bertz CT molecular complexity index is 624. The Labute approximate surface area is 129 Å². The smallest absolute Gasteiger partial charge is 0.337 e. The molecular formula is C17H18O5. The number of methoxy groups -OCH3 is 2. The highest BCUT2D eigenvalue weighted by Gasteiger charge is 2.20. The summed E-state index contributed by atoms with van der Waals surface area (Å²) in [5.41, 5.74) is 1.51. The molecule has 0 saturated carbocycles. The Morgan fingerprint density at radius 1 is 1.09 bits per heavy atom. The van der Waals surface area contributed by atoms with Crippen LogP contribution in [0.25, 0.3) is 0 Å². The van der Waals surface area contributed by atoms with Crippen molar-refractivity contribution >= 4 is 5.97 Å². The van der Waals surface area contributed by atoms with Crippen molar-refractivity contribution in [3.05, 3.63) is 59.7 Å². The minimum atomic E-state index is -1.05. The Balaban J connectivity index is 2.22. The molecule has 22 heavy (non-hydrogen) atoms. The summed E-state index contributed by atoms with van der Waals surface area (Å²) in [6.45, 7) is 0.366. The molecule has 0 aliphatic rings. The van der Waals surface area contributed by atoms with E-state index >= 15 is 0 Å². The van der Waals surface area contributed by atoms with Crippen LogP contribution in [0.1, 0.15) is 17.2 Å². The van der Waals surface area contributed by atoms with Crippen LogP contribution in [0.2, 0.25) is 0 Å². The van der Waals surface area contributed by atoms with Gasteiger partial charge in [-0.15, -0.1) is 0 Å². The van der Waals surface area contributed by atoms with Gasteiger partial charge >= 0.3 is 5.97 Å². The second kappa shape index (κ2) is 7.47. The zero-order chi connectivity index (χ0) is 15.9. The van der Waals surface area contributed by atoms with Crippen molar-refractivity contribution < 1.29 is 24.1 Å². The maximum Gasteiger partial charge on any atom is 0.337 e. The Morgan fingerprint density at radius 3 is 2.41 bits per heavy atom. The van der Waals surface area contributed by atoms with Crippen LogP contribution in [-0.4, -0.2) is 25.3 Å². The van der Waals surface area contributed by atoms with Crippen LogP contribution in [0.4, 0.5) is 0 Å². The van der Waals surface area contributed by atoms with Crippen molar-refractivity contribution in [3.8, 4) is 11.5 Å². The molecule has 2 aromatic carbocycles. The molecule has 0 saturated heterocycles. The minimum absolute atomic E-state index is 0.366. The molecule has 5 heteroatoms. The molecule has 1 atom stereocenters. The maximum atomic E-state index is 11.2. The lowest BCUT2D eigenvalue weighted by molar-refractivity contribution is -0.148. The third-order valence-corrected chi connectivity index (χ3v) is 3.19. The molecule has 0 heterocycles. The van der Waals surface area contributed by atoms with Gasteiger partial charge in [-0.25, -0.2) is 4.79 Å². The SMILES string of the molecule is COc1ccc(C(OC)C(=O)O)cc1OCc1ccccc1. The summed E-state index contributed by atoms with van der Waals surface area (Å²) < 4.78 is 16.0. The summed E-state index contributed by atoms with van der Waals surface area (Å²) in [6.07, 6.45) is -1.04.